The van der Waals surface area contributed by atoms with Crippen molar-refractivity contribution >= 4 is 23.4 Å². The monoisotopic (exact) mass is 420 g/mol. The summed E-state index contributed by atoms with van der Waals surface area (Å²) in [5.74, 6) is -0.901. The van der Waals surface area contributed by atoms with Gasteiger partial charge in [0.2, 0.25) is 5.91 Å². The summed E-state index contributed by atoms with van der Waals surface area (Å²) < 4.78 is 13.3. The van der Waals surface area contributed by atoms with E-state index in [4.69, 9.17) is 11.6 Å². The van der Waals surface area contributed by atoms with Gasteiger partial charge in [-0.25, -0.2) is 4.39 Å². The number of carbonyl (C=O) groups excluding carboxylic acids is 2. The Morgan fingerprint density at radius 1 is 1.41 bits per heavy atom. The molecule has 2 aliphatic rings. The molecular weight excluding hydrogens is 399 g/mol. The van der Waals surface area contributed by atoms with Gasteiger partial charge in [-0.15, -0.1) is 0 Å². The molecule has 2 heterocycles. The van der Waals surface area contributed by atoms with Crippen LogP contribution in [0.4, 0.5) is 4.39 Å². The number of carbonyl (C=O) groups is 2. The summed E-state index contributed by atoms with van der Waals surface area (Å²) in [6.07, 6.45) is 2.21. The third-order valence-corrected chi connectivity index (χ3v) is 6.26. The highest BCUT2D eigenvalue weighted by Gasteiger charge is 2.49. The molecule has 0 spiro atoms. The number of rotatable bonds is 5. The number of aliphatic hydroxyl groups is 1. The average Bonchev–Trinajstić information content (AvgIpc) is 3.41. The number of nitrogens with one attached hydrogen (secondary N) is 1. The summed E-state index contributed by atoms with van der Waals surface area (Å²) in [5, 5.41) is 16.7. The van der Waals surface area contributed by atoms with Crippen molar-refractivity contribution in [2.45, 2.75) is 37.8 Å². The molecule has 7 nitrogen and oxygen atoms in total. The van der Waals surface area contributed by atoms with Crippen LogP contribution in [0.1, 0.15) is 40.2 Å². The van der Waals surface area contributed by atoms with Crippen molar-refractivity contribution in [2.75, 3.05) is 20.2 Å². The van der Waals surface area contributed by atoms with E-state index in [1.54, 1.807) is 22.9 Å². The molecule has 0 atom stereocenters. The van der Waals surface area contributed by atoms with Crippen molar-refractivity contribution in [1.29, 1.82) is 0 Å². The van der Waals surface area contributed by atoms with Crippen LogP contribution in [0.2, 0.25) is 5.02 Å². The van der Waals surface area contributed by atoms with Crippen molar-refractivity contribution in [3.05, 3.63) is 51.6 Å². The number of hydrogen-bond donors (Lipinski definition) is 2. The van der Waals surface area contributed by atoms with E-state index in [0.717, 1.165) is 18.5 Å². The Kier molecular flexibility index (Phi) is 5.08. The SMILES string of the molecule is CN(C(=O)c1n[nH]c2c1CN(C(=O)Cc1ccc(F)c(Cl)c1)CC2)C1(CO)CC1. The van der Waals surface area contributed by atoms with Gasteiger partial charge in [0.15, 0.2) is 5.69 Å². The number of aromatic amines is 1. The Hall–Kier alpha value is -2.45. The Labute approximate surface area is 172 Å². The van der Waals surface area contributed by atoms with Crippen LogP contribution in [0.5, 0.6) is 0 Å². The minimum Gasteiger partial charge on any atom is -0.394 e. The predicted octanol–water partition coefficient (Wildman–Crippen LogP) is 1.93. The second kappa shape index (κ2) is 7.42. The van der Waals surface area contributed by atoms with E-state index in [1.165, 1.54) is 12.1 Å². The summed E-state index contributed by atoms with van der Waals surface area (Å²) in [7, 11) is 1.68. The van der Waals surface area contributed by atoms with Crippen molar-refractivity contribution in [3.8, 4) is 0 Å². The van der Waals surface area contributed by atoms with Gasteiger partial charge < -0.3 is 14.9 Å². The lowest BCUT2D eigenvalue weighted by Gasteiger charge is -2.29. The molecule has 2 aromatic rings. The van der Waals surface area contributed by atoms with E-state index in [-0.39, 0.29) is 36.4 Å². The number of likely N-dealkylation sites (N-methyl/N-ethyl adjacent to an activating group) is 1. The predicted molar refractivity (Wildman–Crippen MR) is 104 cm³/mol. The van der Waals surface area contributed by atoms with Crippen LogP contribution >= 0.6 is 11.6 Å². The number of amides is 2. The summed E-state index contributed by atoms with van der Waals surface area (Å²) in [4.78, 5) is 28.9. The molecule has 1 saturated carbocycles. The lowest BCUT2D eigenvalue weighted by Crippen LogP contribution is -2.43. The molecule has 1 aliphatic carbocycles. The quantitative estimate of drug-likeness (QED) is 0.773. The van der Waals surface area contributed by atoms with Crippen LogP contribution in [0.15, 0.2) is 18.2 Å². The fraction of sp³-hybridized carbons (Fsp3) is 0.450. The second-order valence-electron chi connectivity index (χ2n) is 7.77. The second-order valence-corrected chi connectivity index (χ2v) is 8.17. The number of aliphatic hydroxyl groups excluding tert-OH is 1. The van der Waals surface area contributed by atoms with Crippen LogP contribution in [0.3, 0.4) is 0 Å². The van der Waals surface area contributed by atoms with Gasteiger partial charge >= 0.3 is 0 Å². The Bertz CT molecular complexity index is 973. The minimum absolute atomic E-state index is 0.0140. The maximum absolute atomic E-state index is 13.3. The first-order valence-corrected chi connectivity index (χ1v) is 9.89. The molecule has 0 bridgehead atoms. The van der Waals surface area contributed by atoms with Gasteiger partial charge in [0, 0.05) is 37.8 Å². The average molecular weight is 421 g/mol. The fourth-order valence-corrected chi connectivity index (χ4v) is 3.94. The molecule has 1 aromatic heterocycles. The van der Waals surface area contributed by atoms with Crippen LogP contribution in [-0.2, 0) is 24.2 Å². The maximum atomic E-state index is 13.3. The molecule has 2 amide bonds. The zero-order valence-electron chi connectivity index (χ0n) is 16.0. The summed E-state index contributed by atoms with van der Waals surface area (Å²) >= 11 is 5.80. The van der Waals surface area contributed by atoms with E-state index < -0.39 is 11.4 Å². The topological polar surface area (TPSA) is 89.5 Å². The van der Waals surface area contributed by atoms with Crippen LogP contribution < -0.4 is 0 Å². The van der Waals surface area contributed by atoms with Gasteiger partial charge in [-0.1, -0.05) is 17.7 Å². The lowest BCUT2D eigenvalue weighted by atomic mass is 10.0. The maximum Gasteiger partial charge on any atom is 0.274 e. The first-order chi connectivity index (χ1) is 13.8. The molecule has 29 heavy (non-hydrogen) atoms. The highest BCUT2D eigenvalue weighted by Crippen LogP contribution is 2.41. The minimum atomic E-state index is -0.521. The van der Waals surface area contributed by atoms with Crippen molar-refractivity contribution in [3.63, 3.8) is 0 Å². The van der Waals surface area contributed by atoms with Gasteiger partial charge in [-0.2, -0.15) is 5.10 Å². The molecule has 4 rings (SSSR count). The largest absolute Gasteiger partial charge is 0.394 e. The van der Waals surface area contributed by atoms with Crippen LogP contribution in [0, 0.1) is 5.82 Å². The molecule has 1 fully saturated rings. The Balaban J connectivity index is 1.49. The van der Waals surface area contributed by atoms with Crippen molar-refractivity contribution < 1.29 is 19.1 Å². The number of aromatic nitrogens is 2. The number of nitrogens with zero attached hydrogens (tertiary/aromatic N) is 3. The first-order valence-electron chi connectivity index (χ1n) is 9.51. The van der Waals surface area contributed by atoms with E-state index in [9.17, 15) is 19.1 Å². The number of hydrogen-bond acceptors (Lipinski definition) is 4. The highest BCUT2D eigenvalue weighted by atomic mass is 35.5. The Morgan fingerprint density at radius 2 is 2.17 bits per heavy atom. The molecular formula is C20H22ClFN4O3. The van der Waals surface area contributed by atoms with Gasteiger partial charge in [0.25, 0.3) is 5.91 Å². The Morgan fingerprint density at radius 3 is 2.83 bits per heavy atom. The molecule has 154 valence electrons. The standard InChI is InChI=1S/C20H22ClFN4O3/c1-25(20(11-27)5-6-20)19(29)18-13-10-26(7-4-16(13)23-24-18)17(28)9-12-2-3-15(22)14(21)8-12/h2-3,8,27H,4-7,9-11H2,1H3,(H,23,24). The van der Waals surface area contributed by atoms with E-state index in [0.29, 0.717) is 29.8 Å². The molecule has 1 aromatic carbocycles. The first kappa shape index (κ1) is 19.8. The molecule has 1 aliphatic heterocycles. The van der Waals surface area contributed by atoms with Crippen molar-refractivity contribution in [1.82, 2.24) is 20.0 Å². The number of H-pyrrole nitrogens is 1. The normalized spacial score (nSPS) is 17.0. The number of benzene rings is 1. The summed E-state index contributed by atoms with van der Waals surface area (Å²) in [6.45, 7) is 0.709. The van der Waals surface area contributed by atoms with E-state index in [2.05, 4.69) is 10.2 Å². The molecule has 2 N–H and O–H groups in total. The van der Waals surface area contributed by atoms with E-state index >= 15 is 0 Å². The van der Waals surface area contributed by atoms with E-state index in [1.807, 2.05) is 0 Å². The highest BCUT2D eigenvalue weighted by molar-refractivity contribution is 6.30. The third kappa shape index (κ3) is 3.62. The molecule has 0 radical (unpaired) electrons. The molecule has 9 heteroatoms. The van der Waals surface area contributed by atoms with Gasteiger partial charge in [0.1, 0.15) is 5.82 Å². The van der Waals surface area contributed by atoms with Gasteiger partial charge in [-0.05, 0) is 30.5 Å². The smallest absolute Gasteiger partial charge is 0.274 e. The van der Waals surface area contributed by atoms with Crippen LogP contribution in [0.25, 0.3) is 0 Å². The summed E-state index contributed by atoms with van der Waals surface area (Å²) in [5.41, 5.74) is 2.00. The fourth-order valence-electron chi connectivity index (χ4n) is 3.74. The number of halogens is 2. The summed E-state index contributed by atoms with van der Waals surface area (Å²) in [6, 6.07) is 4.24. The zero-order valence-corrected chi connectivity index (χ0v) is 16.8. The number of fused-ring (bicyclic) bond motifs is 1. The van der Waals surface area contributed by atoms with Crippen LogP contribution in [-0.4, -0.2) is 62.7 Å². The van der Waals surface area contributed by atoms with Gasteiger partial charge in [-0.3, -0.25) is 14.7 Å². The molecule has 0 saturated heterocycles. The lowest BCUT2D eigenvalue weighted by molar-refractivity contribution is -0.131. The third-order valence-electron chi connectivity index (χ3n) is 5.97. The zero-order chi connectivity index (χ0) is 20.8. The van der Waals surface area contributed by atoms with Crippen molar-refractivity contribution in [2.24, 2.45) is 0 Å². The van der Waals surface area contributed by atoms with Gasteiger partial charge in [0.05, 0.1) is 23.6 Å². The molecule has 0 unspecified atom stereocenters.